The molecule has 1 fully saturated rings. The molecular formula is C11H19N5O. The van der Waals surface area contributed by atoms with Gasteiger partial charge in [-0.2, -0.15) is 5.10 Å². The molecule has 1 aliphatic rings. The summed E-state index contributed by atoms with van der Waals surface area (Å²) < 4.78 is 0. The van der Waals surface area contributed by atoms with Crippen LogP contribution in [0.2, 0.25) is 0 Å². The summed E-state index contributed by atoms with van der Waals surface area (Å²) in [6, 6.07) is 0. The Morgan fingerprint density at radius 2 is 2.41 bits per heavy atom. The third-order valence-corrected chi connectivity index (χ3v) is 3.29. The topological polar surface area (TPSA) is 73.9 Å². The summed E-state index contributed by atoms with van der Waals surface area (Å²) >= 11 is 0. The number of hydrogen-bond acceptors (Lipinski definition) is 4. The third-order valence-electron chi connectivity index (χ3n) is 3.29. The van der Waals surface area contributed by atoms with Crippen LogP contribution >= 0.6 is 0 Å². The van der Waals surface area contributed by atoms with Crippen molar-refractivity contribution in [1.82, 2.24) is 25.4 Å². The number of nitrogens with zero attached hydrogens (tertiary/aromatic N) is 3. The number of hydrogen-bond donors (Lipinski definition) is 2. The van der Waals surface area contributed by atoms with Crippen LogP contribution in [0.1, 0.15) is 32.0 Å². The first-order valence-electron chi connectivity index (χ1n) is 5.97. The maximum atomic E-state index is 12.3. The molecule has 1 unspecified atom stereocenters. The van der Waals surface area contributed by atoms with Crippen molar-refractivity contribution in [3.63, 3.8) is 0 Å². The second kappa shape index (κ2) is 4.83. The van der Waals surface area contributed by atoms with E-state index in [9.17, 15) is 4.79 Å². The molecule has 0 radical (unpaired) electrons. The first kappa shape index (κ1) is 12.0. The molecule has 0 aliphatic carbocycles. The molecule has 6 nitrogen and oxygen atoms in total. The molecule has 1 aromatic heterocycles. The van der Waals surface area contributed by atoms with E-state index in [1.807, 2.05) is 6.92 Å². The minimum Gasteiger partial charge on any atom is -0.337 e. The van der Waals surface area contributed by atoms with Crippen LogP contribution in [-0.4, -0.2) is 45.1 Å². The lowest BCUT2D eigenvalue weighted by atomic mass is 9.89. The lowest BCUT2D eigenvalue weighted by Crippen LogP contribution is -2.57. The average molecular weight is 237 g/mol. The van der Waals surface area contributed by atoms with Crippen LogP contribution in [0, 0.1) is 0 Å². The molecule has 94 valence electrons. The monoisotopic (exact) mass is 237 g/mol. The SMILES string of the molecule is CN(Cc1ncn[nH]1)C(=O)C1(C)CCCCN1. The molecule has 0 bridgehead atoms. The number of carbonyl (C=O) groups is 1. The van der Waals surface area contributed by atoms with Gasteiger partial charge in [0.05, 0.1) is 12.1 Å². The fourth-order valence-electron chi connectivity index (χ4n) is 2.26. The first-order valence-corrected chi connectivity index (χ1v) is 5.97. The summed E-state index contributed by atoms with van der Waals surface area (Å²) in [5.74, 6) is 0.828. The summed E-state index contributed by atoms with van der Waals surface area (Å²) in [7, 11) is 1.80. The zero-order valence-electron chi connectivity index (χ0n) is 10.4. The van der Waals surface area contributed by atoms with Crippen molar-refractivity contribution in [1.29, 1.82) is 0 Å². The van der Waals surface area contributed by atoms with Gasteiger partial charge in [0.15, 0.2) is 0 Å². The predicted octanol–water partition coefficient (Wildman–Crippen LogP) is 0.295. The molecule has 1 aromatic rings. The van der Waals surface area contributed by atoms with E-state index in [0.717, 1.165) is 25.8 Å². The molecule has 2 N–H and O–H groups in total. The van der Waals surface area contributed by atoms with Crippen LogP contribution in [0.15, 0.2) is 6.33 Å². The van der Waals surface area contributed by atoms with E-state index in [1.54, 1.807) is 11.9 Å². The standard InChI is InChI=1S/C11H19N5O/c1-11(5-3-4-6-13-11)10(17)16(2)7-9-12-8-14-15-9/h8,13H,3-7H2,1-2H3,(H,12,14,15). The molecule has 1 amide bonds. The van der Waals surface area contributed by atoms with Crippen molar-refractivity contribution in [2.45, 2.75) is 38.3 Å². The van der Waals surface area contributed by atoms with Crippen LogP contribution in [0.25, 0.3) is 0 Å². The summed E-state index contributed by atoms with van der Waals surface area (Å²) in [6.45, 7) is 3.36. The number of aromatic amines is 1. The second-order valence-corrected chi connectivity index (χ2v) is 4.81. The first-order chi connectivity index (χ1) is 8.12. The summed E-state index contributed by atoms with van der Waals surface area (Å²) in [5, 5.41) is 9.86. The number of H-pyrrole nitrogens is 1. The van der Waals surface area contributed by atoms with Crippen LogP contribution < -0.4 is 5.32 Å². The van der Waals surface area contributed by atoms with Crippen LogP contribution in [0.5, 0.6) is 0 Å². The van der Waals surface area contributed by atoms with Gasteiger partial charge in [0.25, 0.3) is 0 Å². The van der Waals surface area contributed by atoms with Crippen molar-refractivity contribution in [2.75, 3.05) is 13.6 Å². The minimum absolute atomic E-state index is 0.119. The Bertz CT molecular complexity index is 369. The van der Waals surface area contributed by atoms with E-state index >= 15 is 0 Å². The van der Waals surface area contributed by atoms with Crippen molar-refractivity contribution < 1.29 is 4.79 Å². The lowest BCUT2D eigenvalue weighted by molar-refractivity contribution is -0.138. The highest BCUT2D eigenvalue weighted by molar-refractivity contribution is 5.85. The van der Waals surface area contributed by atoms with Gasteiger partial charge in [-0.15, -0.1) is 0 Å². The lowest BCUT2D eigenvalue weighted by Gasteiger charge is -2.36. The van der Waals surface area contributed by atoms with E-state index in [0.29, 0.717) is 12.4 Å². The van der Waals surface area contributed by atoms with Gasteiger partial charge in [-0.25, -0.2) is 4.98 Å². The molecule has 17 heavy (non-hydrogen) atoms. The Balaban J connectivity index is 1.98. The molecule has 2 heterocycles. The zero-order valence-corrected chi connectivity index (χ0v) is 10.4. The normalized spacial score (nSPS) is 24.6. The largest absolute Gasteiger partial charge is 0.337 e. The zero-order chi connectivity index (χ0) is 12.3. The molecular weight excluding hydrogens is 218 g/mol. The Labute approximate surface area is 101 Å². The molecule has 6 heteroatoms. The Morgan fingerprint density at radius 1 is 1.59 bits per heavy atom. The van der Waals surface area contributed by atoms with Crippen molar-refractivity contribution in [3.8, 4) is 0 Å². The van der Waals surface area contributed by atoms with Gasteiger partial charge >= 0.3 is 0 Å². The van der Waals surface area contributed by atoms with Crippen LogP contribution in [-0.2, 0) is 11.3 Å². The average Bonchev–Trinajstić information content (AvgIpc) is 2.81. The number of likely N-dealkylation sites (N-methyl/N-ethyl adjacent to an activating group) is 1. The highest BCUT2D eigenvalue weighted by Gasteiger charge is 2.36. The summed E-state index contributed by atoms with van der Waals surface area (Å²) in [4.78, 5) is 18.1. The Kier molecular flexibility index (Phi) is 3.42. The molecule has 0 aromatic carbocycles. The van der Waals surface area contributed by atoms with Crippen molar-refractivity contribution in [2.24, 2.45) is 0 Å². The molecule has 1 aliphatic heterocycles. The number of aromatic nitrogens is 3. The number of rotatable bonds is 3. The molecule has 1 saturated heterocycles. The van der Waals surface area contributed by atoms with Crippen molar-refractivity contribution in [3.05, 3.63) is 12.2 Å². The van der Waals surface area contributed by atoms with Gasteiger partial charge in [-0.1, -0.05) is 0 Å². The molecule has 2 rings (SSSR count). The number of amides is 1. The van der Waals surface area contributed by atoms with E-state index < -0.39 is 5.54 Å². The van der Waals surface area contributed by atoms with Gasteiger partial charge in [0.1, 0.15) is 12.2 Å². The number of piperidine rings is 1. The second-order valence-electron chi connectivity index (χ2n) is 4.81. The molecule has 1 atom stereocenters. The van der Waals surface area contributed by atoms with E-state index in [2.05, 4.69) is 20.5 Å². The predicted molar refractivity (Wildman–Crippen MR) is 63.1 cm³/mol. The molecule has 0 saturated carbocycles. The van der Waals surface area contributed by atoms with Crippen LogP contribution in [0.3, 0.4) is 0 Å². The van der Waals surface area contributed by atoms with E-state index in [1.165, 1.54) is 6.33 Å². The van der Waals surface area contributed by atoms with Gasteiger partial charge in [0.2, 0.25) is 5.91 Å². The fourth-order valence-corrected chi connectivity index (χ4v) is 2.26. The van der Waals surface area contributed by atoms with Gasteiger partial charge in [-0.05, 0) is 32.7 Å². The van der Waals surface area contributed by atoms with Gasteiger partial charge in [-0.3, -0.25) is 9.89 Å². The highest BCUT2D eigenvalue weighted by atomic mass is 16.2. The van der Waals surface area contributed by atoms with Gasteiger partial charge < -0.3 is 10.2 Å². The van der Waals surface area contributed by atoms with E-state index in [-0.39, 0.29) is 5.91 Å². The third kappa shape index (κ3) is 2.63. The number of carbonyl (C=O) groups excluding carboxylic acids is 1. The Hall–Kier alpha value is -1.43. The maximum Gasteiger partial charge on any atom is 0.242 e. The van der Waals surface area contributed by atoms with E-state index in [4.69, 9.17) is 0 Å². The smallest absolute Gasteiger partial charge is 0.242 e. The van der Waals surface area contributed by atoms with Crippen LogP contribution in [0.4, 0.5) is 0 Å². The quantitative estimate of drug-likeness (QED) is 0.792. The maximum absolute atomic E-state index is 12.3. The molecule has 0 spiro atoms. The summed E-state index contributed by atoms with van der Waals surface area (Å²) in [6.07, 6.45) is 4.60. The highest BCUT2D eigenvalue weighted by Crippen LogP contribution is 2.21. The number of nitrogens with one attached hydrogen (secondary N) is 2. The van der Waals surface area contributed by atoms with Gasteiger partial charge in [0, 0.05) is 7.05 Å². The fraction of sp³-hybridized carbons (Fsp3) is 0.727. The van der Waals surface area contributed by atoms with Crippen molar-refractivity contribution >= 4 is 5.91 Å². The minimum atomic E-state index is -0.424. The Morgan fingerprint density at radius 3 is 3.00 bits per heavy atom. The summed E-state index contributed by atoms with van der Waals surface area (Å²) in [5.41, 5.74) is -0.424.